The number of carbonyl (C=O) groups excluding carboxylic acids is 2. The zero-order chi connectivity index (χ0) is 27.6. The molecule has 2 amide bonds. The van der Waals surface area contributed by atoms with E-state index in [1.165, 1.54) is 13.2 Å². The number of hydrogen-bond donors (Lipinski definition) is 2. The summed E-state index contributed by atoms with van der Waals surface area (Å²) in [5.74, 6) is -2.24. The van der Waals surface area contributed by atoms with E-state index in [9.17, 15) is 18.0 Å². The summed E-state index contributed by atoms with van der Waals surface area (Å²) in [5.41, 5.74) is 1.87. The second-order valence-electron chi connectivity index (χ2n) is 9.15. The zero-order valence-corrected chi connectivity index (χ0v) is 22.6. The molecule has 1 aliphatic carbocycles. The van der Waals surface area contributed by atoms with Crippen LogP contribution in [0.2, 0.25) is 0 Å². The summed E-state index contributed by atoms with van der Waals surface area (Å²) in [7, 11) is -2.71. The molecule has 1 aliphatic rings. The van der Waals surface area contributed by atoms with E-state index in [0.29, 0.717) is 15.8 Å². The Morgan fingerprint density at radius 1 is 1.23 bits per heavy atom. The molecule has 2 aromatic carbocycles. The molecule has 1 fully saturated rings. The minimum Gasteiger partial charge on any atom is -0.384 e. The van der Waals surface area contributed by atoms with Crippen molar-refractivity contribution in [3.63, 3.8) is 0 Å². The van der Waals surface area contributed by atoms with Crippen LogP contribution in [0.3, 0.4) is 0 Å². The van der Waals surface area contributed by atoms with Crippen LogP contribution in [0, 0.1) is 5.82 Å². The van der Waals surface area contributed by atoms with Crippen molar-refractivity contribution in [1.29, 1.82) is 0 Å². The summed E-state index contributed by atoms with van der Waals surface area (Å²) in [6, 6.07) is 11.9. The van der Waals surface area contributed by atoms with E-state index in [-0.39, 0.29) is 29.7 Å². The first-order valence-electron chi connectivity index (χ1n) is 12.2. The van der Waals surface area contributed by atoms with Gasteiger partial charge in [0.25, 0.3) is 0 Å². The lowest BCUT2D eigenvalue weighted by Gasteiger charge is -2.15. The maximum Gasteiger partial charge on any atom is 0.245 e. The van der Waals surface area contributed by atoms with Crippen LogP contribution in [-0.4, -0.2) is 67.1 Å². The summed E-state index contributed by atoms with van der Waals surface area (Å²) >= 11 is 0.992. The molecule has 2 heterocycles. The Morgan fingerprint density at radius 2 is 2.05 bits per heavy atom. The molecule has 0 bridgehead atoms. The molecule has 0 aliphatic heterocycles. The first-order chi connectivity index (χ1) is 18.7. The van der Waals surface area contributed by atoms with Crippen molar-refractivity contribution in [2.45, 2.75) is 24.1 Å². The Bertz CT molecular complexity index is 1620. The van der Waals surface area contributed by atoms with Crippen LogP contribution >= 0.6 is 11.3 Å². The number of carbonyl (C=O) groups is 2. The molecule has 0 spiro atoms. The highest BCUT2D eigenvalue weighted by molar-refractivity contribution is 7.92. The van der Waals surface area contributed by atoms with Gasteiger partial charge in [-0.15, -0.1) is 11.3 Å². The average molecular weight is 572 g/mol. The van der Waals surface area contributed by atoms with Crippen molar-refractivity contribution in [2.24, 2.45) is 0 Å². The van der Waals surface area contributed by atoms with Crippen LogP contribution < -0.4 is 10.6 Å². The molecule has 204 valence electrons. The van der Waals surface area contributed by atoms with Crippen LogP contribution in [0.25, 0.3) is 27.0 Å². The van der Waals surface area contributed by atoms with Gasteiger partial charge in [0.15, 0.2) is 15.1 Å². The average Bonchev–Trinajstić information content (AvgIpc) is 3.37. The van der Waals surface area contributed by atoms with Crippen LogP contribution in [0.1, 0.15) is 23.1 Å². The van der Waals surface area contributed by atoms with Gasteiger partial charge in [-0.1, -0.05) is 12.1 Å². The molecular formula is C26H26FN5O5S2. The van der Waals surface area contributed by atoms with Gasteiger partial charge in [-0.05, 0) is 42.7 Å². The van der Waals surface area contributed by atoms with E-state index in [2.05, 4.69) is 20.7 Å². The molecule has 2 N–H and O–H groups in total. The van der Waals surface area contributed by atoms with Crippen LogP contribution in [0.5, 0.6) is 0 Å². The summed E-state index contributed by atoms with van der Waals surface area (Å²) in [6.07, 6.45) is 5.18. The quantitative estimate of drug-likeness (QED) is 0.283. The van der Waals surface area contributed by atoms with E-state index >= 15 is 4.39 Å². The maximum absolute atomic E-state index is 15.3. The van der Waals surface area contributed by atoms with E-state index in [4.69, 9.17) is 4.74 Å². The van der Waals surface area contributed by atoms with Crippen molar-refractivity contribution in [1.82, 2.24) is 25.4 Å². The third-order valence-electron chi connectivity index (χ3n) is 6.18. The Labute approximate surface area is 228 Å². The highest BCUT2D eigenvalue weighted by atomic mass is 32.2. The zero-order valence-electron chi connectivity index (χ0n) is 21.0. The molecule has 4 aromatic rings. The Hall–Kier alpha value is -3.68. The third kappa shape index (κ3) is 6.15. The minimum absolute atomic E-state index is 0.0111. The second-order valence-corrected chi connectivity index (χ2v) is 12.4. The van der Waals surface area contributed by atoms with Gasteiger partial charge >= 0.3 is 0 Å². The molecule has 13 heteroatoms. The molecule has 39 heavy (non-hydrogen) atoms. The smallest absolute Gasteiger partial charge is 0.245 e. The number of rotatable bonds is 11. The van der Waals surface area contributed by atoms with E-state index in [1.54, 1.807) is 47.4 Å². The van der Waals surface area contributed by atoms with E-state index in [1.807, 2.05) is 6.07 Å². The normalized spacial score (nSPS) is 14.3. The predicted molar refractivity (Wildman–Crippen MR) is 145 cm³/mol. The number of amides is 2. The molecule has 0 radical (unpaired) electrons. The van der Waals surface area contributed by atoms with Crippen molar-refractivity contribution < 1.29 is 27.1 Å². The van der Waals surface area contributed by atoms with Crippen molar-refractivity contribution in [3.8, 4) is 16.8 Å². The van der Waals surface area contributed by atoms with Gasteiger partial charge in [0, 0.05) is 37.2 Å². The fraction of sp³-hybridized carbons (Fsp3) is 0.308. The molecule has 5 rings (SSSR count). The Morgan fingerprint density at radius 3 is 2.77 bits per heavy atom. The lowest BCUT2D eigenvalue weighted by Crippen LogP contribution is -2.41. The minimum atomic E-state index is -4.07. The molecule has 2 aromatic heterocycles. The largest absolute Gasteiger partial charge is 0.384 e. The summed E-state index contributed by atoms with van der Waals surface area (Å²) < 4.78 is 48.7. The molecule has 0 saturated heterocycles. The van der Waals surface area contributed by atoms with Gasteiger partial charge in [-0.25, -0.2) is 22.5 Å². The number of hydrogen-bond acceptors (Lipinski definition) is 8. The SMILES string of the molecule is COCCS(=O)(=O)C(C(=O)NCC(=O)NC1CC1)c1nc2cc(F)c(-c3cccc(-n4cccn4)c3)cc2s1. The number of fused-ring (bicyclic) bond motifs is 1. The fourth-order valence-corrected chi connectivity index (χ4v) is 7.01. The van der Waals surface area contributed by atoms with Crippen LogP contribution in [-0.2, 0) is 24.2 Å². The number of ether oxygens (including phenoxy) is 1. The standard InChI is InChI=1S/C26H26FN5O5S2/c1-37-10-11-39(35,36)24(25(34)28-15-23(33)30-17-6-7-17)26-31-21-14-20(27)19(13-22(21)38-26)16-4-2-5-18(12-16)32-9-3-8-29-32/h2-5,8-9,12-14,17,24H,6-7,10-11,15H2,1H3,(H,28,34)(H,30,33). The van der Waals surface area contributed by atoms with Gasteiger partial charge in [0.2, 0.25) is 11.8 Å². The van der Waals surface area contributed by atoms with Crippen LogP contribution in [0.15, 0.2) is 54.9 Å². The van der Waals surface area contributed by atoms with Gasteiger partial charge < -0.3 is 15.4 Å². The number of methoxy groups -OCH3 is 1. The molecular weight excluding hydrogens is 545 g/mol. The highest BCUT2D eigenvalue weighted by Gasteiger charge is 2.37. The number of nitrogens with zero attached hydrogens (tertiary/aromatic N) is 3. The lowest BCUT2D eigenvalue weighted by atomic mass is 10.0. The van der Waals surface area contributed by atoms with Gasteiger partial charge in [-0.2, -0.15) is 5.10 Å². The topological polar surface area (TPSA) is 132 Å². The van der Waals surface area contributed by atoms with E-state index in [0.717, 1.165) is 29.9 Å². The molecule has 1 unspecified atom stereocenters. The van der Waals surface area contributed by atoms with E-state index < -0.39 is 38.5 Å². The number of benzene rings is 2. The third-order valence-corrected chi connectivity index (χ3v) is 9.30. The summed E-state index contributed by atoms with van der Waals surface area (Å²) in [5, 5.41) is 7.69. The summed E-state index contributed by atoms with van der Waals surface area (Å²) in [6.45, 7) is -0.480. The number of sulfone groups is 1. The van der Waals surface area contributed by atoms with Crippen molar-refractivity contribution in [2.75, 3.05) is 26.0 Å². The predicted octanol–water partition coefficient (Wildman–Crippen LogP) is 2.79. The maximum atomic E-state index is 15.3. The molecule has 10 nitrogen and oxygen atoms in total. The number of nitrogens with one attached hydrogen (secondary N) is 2. The number of thiazole rings is 1. The molecule has 1 saturated carbocycles. The number of halogens is 1. The summed E-state index contributed by atoms with van der Waals surface area (Å²) in [4.78, 5) is 29.5. The highest BCUT2D eigenvalue weighted by Crippen LogP contribution is 2.36. The first kappa shape index (κ1) is 26.9. The first-order valence-corrected chi connectivity index (χ1v) is 14.8. The monoisotopic (exact) mass is 571 g/mol. The van der Waals surface area contributed by atoms with Gasteiger partial charge in [0.05, 0.1) is 34.8 Å². The van der Waals surface area contributed by atoms with Crippen molar-refractivity contribution in [3.05, 3.63) is 65.7 Å². The van der Waals surface area contributed by atoms with Crippen LogP contribution in [0.4, 0.5) is 4.39 Å². The number of aromatic nitrogens is 3. The lowest BCUT2D eigenvalue weighted by molar-refractivity contribution is -0.126. The van der Waals surface area contributed by atoms with Gasteiger partial charge in [-0.3, -0.25) is 9.59 Å². The van der Waals surface area contributed by atoms with Gasteiger partial charge in [0.1, 0.15) is 10.8 Å². The van der Waals surface area contributed by atoms with Crippen molar-refractivity contribution >= 4 is 43.2 Å². The fourth-order valence-electron chi connectivity index (χ4n) is 4.05. The molecule has 1 atom stereocenters. The Kier molecular flexibility index (Phi) is 7.73. The second kappa shape index (κ2) is 11.2. The Balaban J connectivity index is 1.47.